The molecule has 0 amide bonds. The van der Waals surface area contributed by atoms with E-state index in [0.717, 1.165) is 28.1 Å². The van der Waals surface area contributed by atoms with Crippen molar-refractivity contribution >= 4 is 5.71 Å². The maximum atomic E-state index is 15.4. The summed E-state index contributed by atoms with van der Waals surface area (Å²) in [5.74, 6) is 0. The summed E-state index contributed by atoms with van der Waals surface area (Å²) in [6, 6.07) is 9.69. The number of aliphatic imine (C=N–C) groups is 1. The SMILES string of the molecule is Cc1cc(C2=NC(C)(C)C(C)(F)c3ccccc32)cnc1C. The average Bonchev–Trinajstić information content (AvgIpc) is 2.46. The Hall–Kier alpha value is -2.03. The highest BCUT2D eigenvalue weighted by Crippen LogP contribution is 2.45. The van der Waals surface area contributed by atoms with Gasteiger partial charge < -0.3 is 0 Å². The maximum Gasteiger partial charge on any atom is 0.158 e. The van der Waals surface area contributed by atoms with E-state index in [2.05, 4.69) is 11.1 Å². The Labute approximate surface area is 131 Å². The molecule has 1 aliphatic rings. The molecule has 0 radical (unpaired) electrons. The van der Waals surface area contributed by atoms with E-state index in [1.165, 1.54) is 0 Å². The summed E-state index contributed by atoms with van der Waals surface area (Å²) in [5.41, 5.74) is 3.12. The number of pyridine rings is 1. The normalized spacial score (nSPS) is 22.9. The molecule has 114 valence electrons. The summed E-state index contributed by atoms with van der Waals surface area (Å²) >= 11 is 0. The van der Waals surface area contributed by atoms with Gasteiger partial charge in [-0.05, 0) is 46.2 Å². The average molecular weight is 296 g/mol. The fraction of sp³-hybridized carbons (Fsp3) is 0.368. The molecule has 0 saturated heterocycles. The smallest absolute Gasteiger partial charge is 0.158 e. The molecule has 0 spiro atoms. The molecule has 1 aromatic heterocycles. The molecule has 22 heavy (non-hydrogen) atoms. The van der Waals surface area contributed by atoms with E-state index in [0.29, 0.717) is 5.56 Å². The van der Waals surface area contributed by atoms with Crippen LogP contribution < -0.4 is 0 Å². The third kappa shape index (κ3) is 2.07. The van der Waals surface area contributed by atoms with Gasteiger partial charge in [0.2, 0.25) is 0 Å². The van der Waals surface area contributed by atoms with Crippen molar-refractivity contribution in [3.05, 3.63) is 64.5 Å². The molecule has 2 nitrogen and oxygen atoms in total. The number of aryl methyl sites for hydroxylation is 2. The number of hydrogen-bond donors (Lipinski definition) is 0. The van der Waals surface area contributed by atoms with Crippen molar-refractivity contribution in [3.63, 3.8) is 0 Å². The zero-order valence-electron chi connectivity index (χ0n) is 13.7. The van der Waals surface area contributed by atoms with Gasteiger partial charge in [0, 0.05) is 28.6 Å². The first kappa shape index (κ1) is 14.9. The van der Waals surface area contributed by atoms with Crippen molar-refractivity contribution in [2.75, 3.05) is 0 Å². The lowest BCUT2D eigenvalue weighted by atomic mass is 9.74. The van der Waals surface area contributed by atoms with Gasteiger partial charge in [-0.2, -0.15) is 0 Å². The van der Waals surface area contributed by atoms with Crippen LogP contribution in [0, 0.1) is 13.8 Å². The second kappa shape index (κ2) is 4.73. The highest BCUT2D eigenvalue weighted by Gasteiger charge is 2.47. The molecule has 1 atom stereocenters. The van der Waals surface area contributed by atoms with Crippen molar-refractivity contribution in [2.24, 2.45) is 4.99 Å². The van der Waals surface area contributed by atoms with Crippen LogP contribution in [0.2, 0.25) is 0 Å². The zero-order chi connectivity index (χ0) is 16.1. The van der Waals surface area contributed by atoms with Crippen LogP contribution >= 0.6 is 0 Å². The minimum atomic E-state index is -1.50. The lowest BCUT2D eigenvalue weighted by Crippen LogP contribution is -2.45. The predicted molar refractivity (Wildman–Crippen MR) is 88.3 cm³/mol. The van der Waals surface area contributed by atoms with Crippen LogP contribution in [0.15, 0.2) is 41.5 Å². The topological polar surface area (TPSA) is 25.2 Å². The molecule has 1 aliphatic heterocycles. The van der Waals surface area contributed by atoms with Crippen LogP contribution in [0.25, 0.3) is 0 Å². The quantitative estimate of drug-likeness (QED) is 0.760. The summed E-state index contributed by atoms with van der Waals surface area (Å²) in [6.07, 6.45) is 1.83. The highest BCUT2D eigenvalue weighted by molar-refractivity contribution is 6.14. The Kier molecular flexibility index (Phi) is 3.20. The third-order valence-electron chi connectivity index (χ3n) is 4.84. The first-order valence-electron chi connectivity index (χ1n) is 7.56. The van der Waals surface area contributed by atoms with Crippen LogP contribution in [0.4, 0.5) is 4.39 Å². The summed E-state index contributed by atoms with van der Waals surface area (Å²) in [5, 5.41) is 0. The van der Waals surface area contributed by atoms with Crippen LogP contribution in [-0.4, -0.2) is 16.2 Å². The van der Waals surface area contributed by atoms with Gasteiger partial charge in [-0.3, -0.25) is 9.98 Å². The Morgan fingerprint density at radius 1 is 1.05 bits per heavy atom. The van der Waals surface area contributed by atoms with Crippen LogP contribution in [0.3, 0.4) is 0 Å². The standard InChI is InChI=1S/C19H21FN2/c1-12-10-14(11-21-13(12)2)17-15-8-6-7-9-16(15)19(5,20)18(3,4)22-17/h6-11H,1-5H3. The van der Waals surface area contributed by atoms with E-state index in [4.69, 9.17) is 4.99 Å². The Balaban J connectivity index is 2.27. The molecule has 0 aliphatic carbocycles. The van der Waals surface area contributed by atoms with E-state index in [1.807, 2.05) is 58.2 Å². The van der Waals surface area contributed by atoms with Crippen LogP contribution in [-0.2, 0) is 5.67 Å². The van der Waals surface area contributed by atoms with Crippen molar-refractivity contribution in [2.45, 2.75) is 45.8 Å². The van der Waals surface area contributed by atoms with Gasteiger partial charge in [0.15, 0.2) is 5.67 Å². The van der Waals surface area contributed by atoms with Gasteiger partial charge in [0.05, 0.1) is 11.3 Å². The number of alkyl halides is 1. The fourth-order valence-electron chi connectivity index (χ4n) is 2.87. The predicted octanol–water partition coefficient (Wildman–Crippen LogP) is 4.51. The number of fused-ring (bicyclic) bond motifs is 1. The maximum absolute atomic E-state index is 15.4. The molecular formula is C19H21FN2. The summed E-state index contributed by atoms with van der Waals surface area (Å²) in [7, 11) is 0. The zero-order valence-corrected chi connectivity index (χ0v) is 13.7. The summed E-state index contributed by atoms with van der Waals surface area (Å²) in [4.78, 5) is 9.19. The van der Waals surface area contributed by atoms with E-state index < -0.39 is 11.2 Å². The lowest BCUT2D eigenvalue weighted by molar-refractivity contribution is 0.0941. The number of halogens is 1. The molecule has 1 aromatic carbocycles. The number of rotatable bonds is 1. The molecular weight excluding hydrogens is 275 g/mol. The molecule has 0 bridgehead atoms. The van der Waals surface area contributed by atoms with Crippen LogP contribution in [0.5, 0.6) is 0 Å². The molecule has 0 N–H and O–H groups in total. The van der Waals surface area contributed by atoms with Gasteiger partial charge >= 0.3 is 0 Å². The summed E-state index contributed by atoms with van der Waals surface area (Å²) < 4.78 is 15.4. The largest absolute Gasteiger partial charge is 0.274 e. The molecule has 1 unspecified atom stereocenters. The van der Waals surface area contributed by atoms with Gasteiger partial charge in [0.25, 0.3) is 0 Å². The minimum Gasteiger partial charge on any atom is -0.274 e. The Morgan fingerprint density at radius 3 is 2.41 bits per heavy atom. The van der Waals surface area contributed by atoms with Gasteiger partial charge in [-0.15, -0.1) is 0 Å². The summed E-state index contributed by atoms with van der Waals surface area (Å²) in [6.45, 7) is 9.32. The van der Waals surface area contributed by atoms with E-state index in [1.54, 1.807) is 6.92 Å². The Morgan fingerprint density at radius 2 is 1.73 bits per heavy atom. The molecule has 0 fully saturated rings. The fourth-order valence-corrected chi connectivity index (χ4v) is 2.87. The van der Waals surface area contributed by atoms with E-state index in [-0.39, 0.29) is 0 Å². The van der Waals surface area contributed by atoms with Crippen molar-refractivity contribution < 1.29 is 4.39 Å². The number of hydrogen-bond acceptors (Lipinski definition) is 2. The second-order valence-corrected chi connectivity index (χ2v) is 6.69. The first-order valence-corrected chi connectivity index (χ1v) is 7.56. The van der Waals surface area contributed by atoms with Crippen molar-refractivity contribution in [1.82, 2.24) is 4.98 Å². The number of benzene rings is 1. The van der Waals surface area contributed by atoms with Crippen molar-refractivity contribution in [1.29, 1.82) is 0 Å². The molecule has 0 saturated carbocycles. The minimum absolute atomic E-state index is 0.697. The number of aromatic nitrogens is 1. The Bertz CT molecular complexity index is 773. The second-order valence-electron chi connectivity index (χ2n) is 6.69. The molecule has 3 heteroatoms. The molecule has 3 rings (SSSR count). The number of nitrogens with zero attached hydrogens (tertiary/aromatic N) is 2. The lowest BCUT2D eigenvalue weighted by Gasteiger charge is -2.40. The monoisotopic (exact) mass is 296 g/mol. The molecule has 2 aromatic rings. The molecule has 2 heterocycles. The van der Waals surface area contributed by atoms with E-state index >= 15 is 4.39 Å². The van der Waals surface area contributed by atoms with Gasteiger partial charge in [-0.1, -0.05) is 24.3 Å². The van der Waals surface area contributed by atoms with E-state index in [9.17, 15) is 0 Å². The van der Waals surface area contributed by atoms with Gasteiger partial charge in [-0.25, -0.2) is 4.39 Å². The van der Waals surface area contributed by atoms with Gasteiger partial charge in [0.1, 0.15) is 0 Å². The third-order valence-corrected chi connectivity index (χ3v) is 4.84. The highest BCUT2D eigenvalue weighted by atomic mass is 19.1. The van der Waals surface area contributed by atoms with Crippen LogP contribution in [0.1, 0.15) is 48.7 Å². The first-order chi connectivity index (χ1) is 10.2. The van der Waals surface area contributed by atoms with Crippen molar-refractivity contribution in [3.8, 4) is 0 Å².